The van der Waals surface area contributed by atoms with Gasteiger partial charge in [-0.3, -0.25) is 0 Å². The number of aromatic nitrogens is 1. The Hall–Kier alpha value is -0.640. The van der Waals surface area contributed by atoms with Crippen molar-refractivity contribution in [3.05, 3.63) is 29.3 Å². The van der Waals surface area contributed by atoms with E-state index >= 15 is 0 Å². The molecule has 1 N–H and O–H groups in total. The van der Waals surface area contributed by atoms with Gasteiger partial charge in [0.2, 0.25) is 0 Å². The monoisotopic (exact) mass is 254 g/mol. The third-order valence-electron chi connectivity index (χ3n) is 2.35. The highest BCUT2D eigenvalue weighted by Crippen LogP contribution is 2.21. The molecule has 2 rings (SSSR count). The molecule has 1 heterocycles. The summed E-state index contributed by atoms with van der Waals surface area (Å²) in [5, 5.41) is 4.55. The highest BCUT2D eigenvalue weighted by atomic mass is 35.5. The molecule has 0 spiro atoms. The molecule has 0 fully saturated rings. The summed E-state index contributed by atoms with van der Waals surface area (Å²) < 4.78 is 1.26. The summed E-state index contributed by atoms with van der Waals surface area (Å²) >= 11 is 7.37. The minimum atomic E-state index is 0.753. The maximum atomic E-state index is 5.61. The topological polar surface area (TPSA) is 24.9 Å². The van der Waals surface area contributed by atoms with Gasteiger partial charge < -0.3 is 5.32 Å². The maximum absolute atomic E-state index is 5.61. The second-order valence-electron chi connectivity index (χ2n) is 3.65. The number of fused-ring (bicyclic) bond motifs is 1. The number of thiazole rings is 1. The van der Waals surface area contributed by atoms with Crippen molar-refractivity contribution in [1.82, 2.24) is 10.3 Å². The van der Waals surface area contributed by atoms with Gasteiger partial charge in [-0.05, 0) is 31.5 Å². The largest absolute Gasteiger partial charge is 0.310 e. The van der Waals surface area contributed by atoms with Crippen molar-refractivity contribution in [2.24, 2.45) is 0 Å². The number of nitrogens with zero attached hydrogens (tertiary/aromatic N) is 1. The number of rotatable bonds is 6. The summed E-state index contributed by atoms with van der Waals surface area (Å²) in [7, 11) is 0. The molecule has 1 aromatic heterocycles. The van der Waals surface area contributed by atoms with E-state index in [1.54, 1.807) is 11.3 Å². The van der Waals surface area contributed by atoms with Gasteiger partial charge in [-0.1, -0.05) is 12.1 Å². The molecule has 0 aliphatic heterocycles. The summed E-state index contributed by atoms with van der Waals surface area (Å²) in [5.41, 5.74) is 1.10. The molecule has 0 unspecified atom stereocenters. The van der Waals surface area contributed by atoms with Crippen LogP contribution in [0.2, 0.25) is 0 Å². The van der Waals surface area contributed by atoms with Gasteiger partial charge in [0.25, 0.3) is 0 Å². The number of para-hydroxylation sites is 1. The predicted molar refractivity (Wildman–Crippen MR) is 71.3 cm³/mol. The van der Waals surface area contributed by atoms with Crippen molar-refractivity contribution in [1.29, 1.82) is 0 Å². The van der Waals surface area contributed by atoms with Crippen molar-refractivity contribution < 1.29 is 0 Å². The number of alkyl halides is 1. The van der Waals surface area contributed by atoms with Crippen LogP contribution in [0.1, 0.15) is 17.8 Å². The normalized spacial score (nSPS) is 11.1. The Labute approximate surface area is 105 Å². The molecule has 0 saturated heterocycles. The fourth-order valence-corrected chi connectivity index (χ4v) is 2.66. The van der Waals surface area contributed by atoms with Crippen molar-refractivity contribution in [2.75, 3.05) is 12.4 Å². The van der Waals surface area contributed by atoms with Gasteiger partial charge in [-0.2, -0.15) is 0 Å². The SMILES string of the molecule is ClCCCCNCc1nc2ccccc2s1. The van der Waals surface area contributed by atoms with E-state index in [0.29, 0.717) is 0 Å². The molecule has 0 saturated carbocycles. The number of halogens is 1. The molecular formula is C12H15ClN2S. The molecular weight excluding hydrogens is 240 g/mol. The number of nitrogens with one attached hydrogen (secondary N) is 1. The lowest BCUT2D eigenvalue weighted by atomic mass is 10.3. The standard InChI is InChI=1S/C12H15ClN2S/c13-7-3-4-8-14-9-12-15-10-5-1-2-6-11(10)16-12/h1-2,5-6,14H,3-4,7-9H2. The van der Waals surface area contributed by atoms with Crippen LogP contribution in [0.15, 0.2) is 24.3 Å². The van der Waals surface area contributed by atoms with Crippen LogP contribution in [0.25, 0.3) is 10.2 Å². The van der Waals surface area contributed by atoms with Gasteiger partial charge in [-0.15, -0.1) is 22.9 Å². The Morgan fingerprint density at radius 2 is 2.12 bits per heavy atom. The van der Waals surface area contributed by atoms with Crippen LogP contribution in [0.3, 0.4) is 0 Å². The molecule has 1 aromatic carbocycles. The minimum absolute atomic E-state index is 0.753. The van der Waals surface area contributed by atoms with E-state index < -0.39 is 0 Å². The average Bonchev–Trinajstić information content (AvgIpc) is 2.71. The molecule has 86 valence electrons. The summed E-state index contributed by atoms with van der Waals surface area (Å²) in [6.45, 7) is 1.88. The highest BCUT2D eigenvalue weighted by molar-refractivity contribution is 7.18. The van der Waals surface area contributed by atoms with Gasteiger partial charge in [0.15, 0.2) is 0 Å². The number of benzene rings is 1. The van der Waals surface area contributed by atoms with Crippen molar-refractivity contribution in [3.63, 3.8) is 0 Å². The van der Waals surface area contributed by atoms with Crippen LogP contribution in [-0.4, -0.2) is 17.4 Å². The summed E-state index contributed by atoms with van der Waals surface area (Å²) in [6.07, 6.45) is 2.21. The second kappa shape index (κ2) is 6.18. The smallest absolute Gasteiger partial charge is 0.108 e. The van der Waals surface area contributed by atoms with E-state index in [0.717, 1.165) is 42.3 Å². The lowest BCUT2D eigenvalue weighted by Crippen LogP contribution is -2.14. The van der Waals surface area contributed by atoms with Crippen LogP contribution in [-0.2, 0) is 6.54 Å². The van der Waals surface area contributed by atoms with Crippen LogP contribution in [0.5, 0.6) is 0 Å². The number of hydrogen-bond acceptors (Lipinski definition) is 3. The number of unbranched alkanes of at least 4 members (excludes halogenated alkanes) is 1. The summed E-state index contributed by atoms with van der Waals surface area (Å²) in [5.74, 6) is 0.753. The summed E-state index contributed by atoms with van der Waals surface area (Å²) in [4.78, 5) is 4.56. The molecule has 0 aliphatic carbocycles. The summed E-state index contributed by atoms with van der Waals surface area (Å²) in [6, 6.07) is 8.25. The highest BCUT2D eigenvalue weighted by Gasteiger charge is 2.01. The van der Waals surface area contributed by atoms with Crippen molar-refractivity contribution in [3.8, 4) is 0 Å². The first-order valence-electron chi connectivity index (χ1n) is 5.51. The third kappa shape index (κ3) is 3.17. The van der Waals surface area contributed by atoms with E-state index in [1.807, 2.05) is 6.07 Å². The molecule has 16 heavy (non-hydrogen) atoms. The number of hydrogen-bond donors (Lipinski definition) is 1. The van der Waals surface area contributed by atoms with E-state index in [-0.39, 0.29) is 0 Å². The van der Waals surface area contributed by atoms with Crippen molar-refractivity contribution >= 4 is 33.2 Å². The zero-order chi connectivity index (χ0) is 11.2. The molecule has 0 atom stereocenters. The minimum Gasteiger partial charge on any atom is -0.310 e. The Morgan fingerprint density at radius 1 is 1.25 bits per heavy atom. The van der Waals surface area contributed by atoms with Gasteiger partial charge >= 0.3 is 0 Å². The Morgan fingerprint density at radius 3 is 2.94 bits per heavy atom. The Kier molecular flexibility index (Phi) is 4.57. The molecule has 2 nitrogen and oxygen atoms in total. The molecule has 2 aromatic rings. The second-order valence-corrected chi connectivity index (χ2v) is 5.14. The first-order valence-corrected chi connectivity index (χ1v) is 6.86. The fourth-order valence-electron chi connectivity index (χ4n) is 1.54. The zero-order valence-corrected chi connectivity index (χ0v) is 10.7. The first-order chi connectivity index (χ1) is 7.90. The first kappa shape index (κ1) is 11.8. The quantitative estimate of drug-likeness (QED) is 0.631. The van der Waals surface area contributed by atoms with Crippen LogP contribution < -0.4 is 5.32 Å². The third-order valence-corrected chi connectivity index (χ3v) is 3.66. The molecule has 0 bridgehead atoms. The lowest BCUT2D eigenvalue weighted by Gasteiger charge is -1.99. The van der Waals surface area contributed by atoms with Gasteiger partial charge in [0.05, 0.1) is 10.2 Å². The Balaban J connectivity index is 1.85. The average molecular weight is 255 g/mol. The van der Waals surface area contributed by atoms with Crippen LogP contribution >= 0.6 is 22.9 Å². The van der Waals surface area contributed by atoms with E-state index in [4.69, 9.17) is 11.6 Å². The van der Waals surface area contributed by atoms with Gasteiger partial charge in [-0.25, -0.2) is 4.98 Å². The lowest BCUT2D eigenvalue weighted by molar-refractivity contribution is 0.641. The van der Waals surface area contributed by atoms with Gasteiger partial charge in [0.1, 0.15) is 5.01 Å². The molecule has 4 heteroatoms. The van der Waals surface area contributed by atoms with E-state index in [2.05, 4.69) is 28.5 Å². The molecule has 0 radical (unpaired) electrons. The maximum Gasteiger partial charge on any atom is 0.108 e. The van der Waals surface area contributed by atoms with Gasteiger partial charge in [0, 0.05) is 12.4 Å². The predicted octanol–water partition coefficient (Wildman–Crippen LogP) is 3.40. The van der Waals surface area contributed by atoms with Crippen molar-refractivity contribution in [2.45, 2.75) is 19.4 Å². The molecule has 0 amide bonds. The fraction of sp³-hybridized carbons (Fsp3) is 0.417. The zero-order valence-electron chi connectivity index (χ0n) is 9.08. The van der Waals surface area contributed by atoms with E-state index in [9.17, 15) is 0 Å². The molecule has 0 aliphatic rings. The van der Waals surface area contributed by atoms with Crippen LogP contribution in [0, 0.1) is 0 Å². The Bertz CT molecular complexity index is 408. The van der Waals surface area contributed by atoms with E-state index in [1.165, 1.54) is 4.70 Å². The van der Waals surface area contributed by atoms with Crippen LogP contribution in [0.4, 0.5) is 0 Å².